The molecule has 0 aliphatic heterocycles. The van der Waals surface area contributed by atoms with Crippen LogP contribution in [0.5, 0.6) is 0 Å². The quantitative estimate of drug-likeness (QED) is 0.769. The highest BCUT2D eigenvalue weighted by Crippen LogP contribution is 2.52. The van der Waals surface area contributed by atoms with Crippen LogP contribution in [-0.2, 0) is 5.41 Å². The lowest BCUT2D eigenvalue weighted by atomic mass is 9.71. The minimum absolute atomic E-state index is 0.545. The van der Waals surface area contributed by atoms with Crippen LogP contribution in [0.4, 0.5) is 0 Å². The molecule has 0 spiro atoms. The molecule has 0 saturated heterocycles. The molecule has 0 bridgehead atoms. The number of rotatable bonds is 1. The second kappa shape index (κ2) is 3.97. The van der Waals surface area contributed by atoms with Crippen molar-refractivity contribution in [2.24, 2.45) is 5.92 Å². The maximum absolute atomic E-state index is 9.33. The van der Waals surface area contributed by atoms with Crippen molar-refractivity contribution in [1.29, 1.82) is 10.5 Å². The molecule has 0 unspecified atom stereocenters. The fourth-order valence-corrected chi connectivity index (χ4v) is 3.08. The van der Waals surface area contributed by atoms with Gasteiger partial charge in [-0.05, 0) is 29.2 Å². The highest BCUT2D eigenvalue weighted by atomic mass is 14.5. The molecule has 2 nitrogen and oxygen atoms in total. The number of benzene rings is 2. The van der Waals surface area contributed by atoms with E-state index in [4.69, 9.17) is 0 Å². The van der Waals surface area contributed by atoms with Crippen LogP contribution in [0.15, 0.2) is 48.5 Å². The van der Waals surface area contributed by atoms with Gasteiger partial charge in [0.25, 0.3) is 0 Å². The molecule has 0 amide bonds. The number of hydrogen-bond donors (Lipinski definition) is 0. The molecule has 0 radical (unpaired) electrons. The third-order valence-electron chi connectivity index (χ3n) is 4.10. The van der Waals surface area contributed by atoms with Crippen molar-refractivity contribution in [1.82, 2.24) is 0 Å². The number of hydrogen-bond acceptors (Lipinski definition) is 2. The van der Waals surface area contributed by atoms with Gasteiger partial charge < -0.3 is 0 Å². The van der Waals surface area contributed by atoms with Gasteiger partial charge in [0.2, 0.25) is 0 Å². The first kappa shape index (κ1) is 11.5. The number of fused-ring (bicyclic) bond motifs is 3. The average Bonchev–Trinajstić information content (AvgIpc) is 2.72. The summed E-state index contributed by atoms with van der Waals surface area (Å²) >= 11 is 0. The largest absolute Gasteiger partial charge is 0.197 e. The van der Waals surface area contributed by atoms with Crippen molar-refractivity contribution in [3.8, 4) is 23.3 Å². The molecule has 0 N–H and O–H groups in total. The summed E-state index contributed by atoms with van der Waals surface area (Å²) in [4.78, 5) is 0. The topological polar surface area (TPSA) is 47.6 Å². The van der Waals surface area contributed by atoms with Gasteiger partial charge in [-0.1, -0.05) is 48.5 Å². The first-order chi connectivity index (χ1) is 9.23. The maximum Gasteiger partial charge on any atom is 0.146 e. The second-order valence-electron chi connectivity index (χ2n) is 4.98. The van der Waals surface area contributed by atoms with Gasteiger partial charge in [0, 0.05) is 5.41 Å². The maximum atomic E-state index is 9.33. The lowest BCUT2D eigenvalue weighted by Crippen LogP contribution is -2.29. The number of nitrogens with zero attached hydrogens (tertiary/aromatic N) is 2. The van der Waals surface area contributed by atoms with E-state index >= 15 is 0 Å². The van der Waals surface area contributed by atoms with Crippen LogP contribution in [0.2, 0.25) is 0 Å². The van der Waals surface area contributed by atoms with E-state index in [-0.39, 0.29) is 0 Å². The van der Waals surface area contributed by atoms with Crippen molar-refractivity contribution < 1.29 is 0 Å². The Kier molecular flexibility index (Phi) is 2.40. The molecule has 0 saturated carbocycles. The third-order valence-corrected chi connectivity index (χ3v) is 4.10. The van der Waals surface area contributed by atoms with Gasteiger partial charge in [-0.25, -0.2) is 0 Å². The summed E-state index contributed by atoms with van der Waals surface area (Å²) in [6, 6.07) is 20.4. The number of nitriles is 2. The Morgan fingerprint density at radius 1 is 0.842 bits per heavy atom. The third kappa shape index (κ3) is 1.35. The van der Waals surface area contributed by atoms with Crippen molar-refractivity contribution in [3.05, 3.63) is 59.7 Å². The molecular formula is C17H12N2. The normalized spacial score (nSPS) is 14.3. The lowest BCUT2D eigenvalue weighted by molar-refractivity contribution is 0.514. The second-order valence-corrected chi connectivity index (χ2v) is 4.98. The van der Waals surface area contributed by atoms with Crippen molar-refractivity contribution in [2.75, 3.05) is 0 Å². The van der Waals surface area contributed by atoms with E-state index < -0.39 is 11.3 Å². The Labute approximate surface area is 112 Å². The smallest absolute Gasteiger partial charge is 0.146 e. The van der Waals surface area contributed by atoms with E-state index in [0.717, 1.165) is 22.3 Å². The van der Waals surface area contributed by atoms with Crippen LogP contribution in [0, 0.1) is 28.6 Å². The van der Waals surface area contributed by atoms with Crippen molar-refractivity contribution >= 4 is 0 Å². The molecule has 90 valence electrons. The van der Waals surface area contributed by atoms with Gasteiger partial charge in [0.05, 0.1) is 12.1 Å². The average molecular weight is 244 g/mol. The molecule has 19 heavy (non-hydrogen) atoms. The van der Waals surface area contributed by atoms with Gasteiger partial charge in [0.1, 0.15) is 5.92 Å². The van der Waals surface area contributed by atoms with Crippen LogP contribution in [0.3, 0.4) is 0 Å². The Morgan fingerprint density at radius 2 is 1.26 bits per heavy atom. The van der Waals surface area contributed by atoms with Crippen LogP contribution < -0.4 is 0 Å². The monoisotopic (exact) mass is 244 g/mol. The van der Waals surface area contributed by atoms with Gasteiger partial charge in [-0.3, -0.25) is 0 Å². The lowest BCUT2D eigenvalue weighted by Gasteiger charge is -2.27. The SMILES string of the molecule is CC1(C(C#N)C#N)c2ccccc2-c2ccccc21. The summed E-state index contributed by atoms with van der Waals surface area (Å²) in [7, 11) is 0. The summed E-state index contributed by atoms with van der Waals surface area (Å²) in [5.41, 5.74) is 3.87. The fourth-order valence-electron chi connectivity index (χ4n) is 3.08. The standard InChI is InChI=1S/C17H12N2/c1-17(12(10-18)11-19)15-8-4-2-6-13(15)14-7-3-5-9-16(14)17/h2-9,12H,1H3. The molecule has 2 aromatic carbocycles. The molecular weight excluding hydrogens is 232 g/mol. The minimum atomic E-state index is -0.683. The van der Waals surface area contributed by atoms with E-state index in [0.29, 0.717) is 0 Å². The Balaban J connectivity index is 2.39. The van der Waals surface area contributed by atoms with E-state index in [1.807, 2.05) is 43.3 Å². The summed E-state index contributed by atoms with van der Waals surface area (Å²) in [6.45, 7) is 1.99. The van der Waals surface area contributed by atoms with Crippen LogP contribution in [-0.4, -0.2) is 0 Å². The van der Waals surface area contributed by atoms with Gasteiger partial charge >= 0.3 is 0 Å². The van der Waals surface area contributed by atoms with Gasteiger partial charge in [-0.2, -0.15) is 10.5 Å². The Morgan fingerprint density at radius 3 is 1.68 bits per heavy atom. The van der Waals surface area contributed by atoms with Crippen LogP contribution in [0.25, 0.3) is 11.1 Å². The predicted octanol–water partition coefficient (Wildman–Crippen LogP) is 3.64. The molecule has 0 heterocycles. The van der Waals surface area contributed by atoms with Gasteiger partial charge in [0.15, 0.2) is 0 Å². The Bertz CT molecular complexity index is 672. The molecule has 2 heteroatoms. The summed E-state index contributed by atoms with van der Waals surface area (Å²) in [5.74, 6) is -0.683. The van der Waals surface area contributed by atoms with E-state index in [1.165, 1.54) is 0 Å². The van der Waals surface area contributed by atoms with E-state index in [9.17, 15) is 10.5 Å². The highest BCUT2D eigenvalue weighted by Gasteiger charge is 2.45. The summed E-state index contributed by atoms with van der Waals surface area (Å²) in [6.07, 6.45) is 0. The summed E-state index contributed by atoms with van der Waals surface area (Å²) < 4.78 is 0. The van der Waals surface area contributed by atoms with Crippen LogP contribution in [0.1, 0.15) is 18.1 Å². The molecule has 3 rings (SSSR count). The molecule has 0 fully saturated rings. The predicted molar refractivity (Wildman–Crippen MR) is 73.0 cm³/mol. The van der Waals surface area contributed by atoms with E-state index in [2.05, 4.69) is 24.3 Å². The van der Waals surface area contributed by atoms with Crippen molar-refractivity contribution in [3.63, 3.8) is 0 Å². The molecule has 1 aliphatic carbocycles. The van der Waals surface area contributed by atoms with Crippen LogP contribution >= 0.6 is 0 Å². The summed E-state index contributed by atoms with van der Waals surface area (Å²) in [5, 5.41) is 18.7. The van der Waals surface area contributed by atoms with Gasteiger partial charge in [-0.15, -0.1) is 0 Å². The molecule has 0 atom stereocenters. The first-order valence-electron chi connectivity index (χ1n) is 6.22. The molecule has 0 aromatic heterocycles. The van der Waals surface area contributed by atoms with Crippen molar-refractivity contribution in [2.45, 2.75) is 12.3 Å². The molecule has 2 aromatic rings. The van der Waals surface area contributed by atoms with E-state index in [1.54, 1.807) is 0 Å². The first-order valence-corrected chi connectivity index (χ1v) is 6.22. The fraction of sp³-hybridized carbons (Fsp3) is 0.176. The zero-order valence-electron chi connectivity index (χ0n) is 10.6. The Hall–Kier alpha value is -2.58. The zero-order chi connectivity index (χ0) is 13.5. The zero-order valence-corrected chi connectivity index (χ0v) is 10.6. The molecule has 1 aliphatic rings. The minimum Gasteiger partial charge on any atom is -0.197 e. The highest BCUT2D eigenvalue weighted by molar-refractivity contribution is 5.81.